The number of rotatable bonds is 7. The van der Waals surface area contributed by atoms with E-state index in [4.69, 9.17) is 0 Å². The predicted molar refractivity (Wildman–Crippen MR) is 76.8 cm³/mol. The van der Waals surface area contributed by atoms with Gasteiger partial charge >= 0.3 is 0 Å². The van der Waals surface area contributed by atoms with Crippen molar-refractivity contribution >= 4 is 11.0 Å². The molecule has 3 nitrogen and oxygen atoms in total. The van der Waals surface area contributed by atoms with E-state index in [0.29, 0.717) is 6.04 Å². The number of hydrogen-bond donors (Lipinski definition) is 1. The van der Waals surface area contributed by atoms with E-state index in [9.17, 15) is 0 Å². The van der Waals surface area contributed by atoms with Crippen molar-refractivity contribution in [3.8, 4) is 0 Å². The van der Waals surface area contributed by atoms with Crippen LogP contribution in [0.25, 0.3) is 11.0 Å². The third kappa shape index (κ3) is 3.10. The molecular formula is C15H23N3. The summed E-state index contributed by atoms with van der Waals surface area (Å²) < 4.78 is 2.25. The Morgan fingerprint density at radius 3 is 2.94 bits per heavy atom. The van der Waals surface area contributed by atoms with Gasteiger partial charge in [0.05, 0.1) is 17.4 Å². The highest BCUT2D eigenvalue weighted by Crippen LogP contribution is 2.16. The van der Waals surface area contributed by atoms with E-state index in [0.717, 1.165) is 18.6 Å². The molecule has 1 atom stereocenters. The van der Waals surface area contributed by atoms with Crippen LogP contribution in [-0.2, 0) is 0 Å². The van der Waals surface area contributed by atoms with Crippen molar-refractivity contribution in [3.63, 3.8) is 0 Å². The zero-order chi connectivity index (χ0) is 12.8. The van der Waals surface area contributed by atoms with Crippen molar-refractivity contribution in [1.82, 2.24) is 14.9 Å². The Hall–Kier alpha value is -1.35. The molecule has 0 fully saturated rings. The Balaban J connectivity index is 1.90. The monoisotopic (exact) mass is 245 g/mol. The zero-order valence-electron chi connectivity index (χ0n) is 11.4. The SMILES string of the molecule is CCCCCNCC(C)n1cnc2ccccc21. The molecule has 0 saturated carbocycles. The average molecular weight is 245 g/mol. The summed E-state index contributed by atoms with van der Waals surface area (Å²) in [6.45, 7) is 6.59. The first-order chi connectivity index (χ1) is 8.83. The number of imidazole rings is 1. The number of benzene rings is 1. The Kier molecular flexibility index (Phi) is 4.76. The lowest BCUT2D eigenvalue weighted by Gasteiger charge is -2.15. The minimum atomic E-state index is 0.444. The minimum absolute atomic E-state index is 0.444. The summed E-state index contributed by atoms with van der Waals surface area (Å²) in [7, 11) is 0. The van der Waals surface area contributed by atoms with Crippen molar-refractivity contribution in [2.45, 2.75) is 39.2 Å². The second-order valence-electron chi connectivity index (χ2n) is 4.90. The van der Waals surface area contributed by atoms with Gasteiger partial charge in [-0.2, -0.15) is 0 Å². The highest BCUT2D eigenvalue weighted by molar-refractivity contribution is 5.75. The van der Waals surface area contributed by atoms with Crippen LogP contribution in [0.15, 0.2) is 30.6 Å². The standard InChI is InChI=1S/C15H23N3/c1-3-4-7-10-16-11-13(2)18-12-17-14-8-5-6-9-15(14)18/h5-6,8-9,12-13,16H,3-4,7,10-11H2,1-2H3. The maximum Gasteiger partial charge on any atom is 0.0961 e. The highest BCUT2D eigenvalue weighted by Gasteiger charge is 2.07. The minimum Gasteiger partial charge on any atom is -0.326 e. The molecule has 1 N–H and O–H groups in total. The van der Waals surface area contributed by atoms with Crippen LogP contribution in [0.5, 0.6) is 0 Å². The third-order valence-corrected chi connectivity index (χ3v) is 3.35. The Bertz CT molecular complexity index is 475. The molecule has 1 aromatic heterocycles. The molecule has 98 valence electrons. The molecule has 1 heterocycles. The largest absolute Gasteiger partial charge is 0.326 e. The molecule has 2 aromatic rings. The molecule has 0 spiro atoms. The normalized spacial score (nSPS) is 13.0. The van der Waals surface area contributed by atoms with Gasteiger partial charge in [-0.1, -0.05) is 31.9 Å². The van der Waals surface area contributed by atoms with Gasteiger partial charge in [0.2, 0.25) is 0 Å². The molecule has 0 aliphatic carbocycles. The zero-order valence-corrected chi connectivity index (χ0v) is 11.4. The second-order valence-corrected chi connectivity index (χ2v) is 4.90. The van der Waals surface area contributed by atoms with Gasteiger partial charge in [0.15, 0.2) is 0 Å². The van der Waals surface area contributed by atoms with Crippen molar-refractivity contribution in [1.29, 1.82) is 0 Å². The summed E-state index contributed by atoms with van der Waals surface area (Å²) >= 11 is 0. The molecule has 1 unspecified atom stereocenters. The van der Waals surface area contributed by atoms with E-state index in [-0.39, 0.29) is 0 Å². The van der Waals surface area contributed by atoms with Crippen molar-refractivity contribution in [2.24, 2.45) is 0 Å². The van der Waals surface area contributed by atoms with Gasteiger partial charge in [-0.25, -0.2) is 4.98 Å². The van der Waals surface area contributed by atoms with Gasteiger partial charge in [-0.05, 0) is 32.0 Å². The molecule has 0 amide bonds. The van der Waals surface area contributed by atoms with Gasteiger partial charge in [0, 0.05) is 12.6 Å². The van der Waals surface area contributed by atoms with Gasteiger partial charge in [0.1, 0.15) is 0 Å². The van der Waals surface area contributed by atoms with Crippen LogP contribution < -0.4 is 5.32 Å². The second kappa shape index (κ2) is 6.55. The van der Waals surface area contributed by atoms with Crippen LogP contribution in [0, 0.1) is 0 Å². The van der Waals surface area contributed by atoms with Crippen LogP contribution >= 0.6 is 0 Å². The van der Waals surface area contributed by atoms with E-state index in [1.165, 1.54) is 24.8 Å². The molecule has 0 saturated heterocycles. The van der Waals surface area contributed by atoms with Gasteiger partial charge < -0.3 is 9.88 Å². The lowest BCUT2D eigenvalue weighted by molar-refractivity contribution is 0.494. The number of para-hydroxylation sites is 2. The fraction of sp³-hybridized carbons (Fsp3) is 0.533. The lowest BCUT2D eigenvalue weighted by atomic mass is 10.2. The Morgan fingerprint density at radius 2 is 2.11 bits per heavy atom. The molecule has 0 radical (unpaired) electrons. The number of aromatic nitrogens is 2. The van der Waals surface area contributed by atoms with E-state index in [2.05, 4.69) is 46.9 Å². The maximum atomic E-state index is 4.43. The van der Waals surface area contributed by atoms with Crippen LogP contribution in [0.1, 0.15) is 39.2 Å². The quantitative estimate of drug-likeness (QED) is 0.758. The van der Waals surface area contributed by atoms with E-state index in [1.807, 2.05) is 12.4 Å². The van der Waals surface area contributed by atoms with Crippen LogP contribution in [-0.4, -0.2) is 22.6 Å². The summed E-state index contributed by atoms with van der Waals surface area (Å²) in [6, 6.07) is 8.75. The fourth-order valence-corrected chi connectivity index (χ4v) is 2.24. The summed E-state index contributed by atoms with van der Waals surface area (Å²) in [4.78, 5) is 4.43. The molecule has 2 rings (SSSR count). The first kappa shape index (κ1) is 13.1. The smallest absolute Gasteiger partial charge is 0.0961 e. The number of hydrogen-bond acceptors (Lipinski definition) is 2. The van der Waals surface area contributed by atoms with Gasteiger partial charge in [0.25, 0.3) is 0 Å². The maximum absolute atomic E-state index is 4.43. The summed E-state index contributed by atoms with van der Waals surface area (Å²) in [5.74, 6) is 0. The molecule has 3 heteroatoms. The topological polar surface area (TPSA) is 29.9 Å². The first-order valence-electron chi connectivity index (χ1n) is 6.95. The van der Waals surface area contributed by atoms with E-state index < -0.39 is 0 Å². The molecule has 18 heavy (non-hydrogen) atoms. The van der Waals surface area contributed by atoms with Crippen LogP contribution in [0.4, 0.5) is 0 Å². The van der Waals surface area contributed by atoms with Gasteiger partial charge in [-0.3, -0.25) is 0 Å². The predicted octanol–water partition coefficient (Wildman–Crippen LogP) is 3.38. The van der Waals surface area contributed by atoms with Gasteiger partial charge in [-0.15, -0.1) is 0 Å². The number of nitrogens with zero attached hydrogens (tertiary/aromatic N) is 2. The molecule has 0 bridgehead atoms. The molecular weight excluding hydrogens is 222 g/mol. The van der Waals surface area contributed by atoms with Crippen LogP contribution in [0.2, 0.25) is 0 Å². The lowest BCUT2D eigenvalue weighted by Crippen LogP contribution is -2.24. The Labute approximate surface area is 109 Å². The van der Waals surface area contributed by atoms with E-state index >= 15 is 0 Å². The highest BCUT2D eigenvalue weighted by atomic mass is 15.1. The van der Waals surface area contributed by atoms with Crippen molar-refractivity contribution in [2.75, 3.05) is 13.1 Å². The summed E-state index contributed by atoms with van der Waals surface area (Å²) in [6.07, 6.45) is 5.82. The first-order valence-corrected chi connectivity index (χ1v) is 6.95. The van der Waals surface area contributed by atoms with Crippen LogP contribution in [0.3, 0.4) is 0 Å². The Morgan fingerprint density at radius 1 is 1.28 bits per heavy atom. The summed E-state index contributed by atoms with van der Waals surface area (Å²) in [5.41, 5.74) is 2.30. The number of nitrogens with one attached hydrogen (secondary N) is 1. The van der Waals surface area contributed by atoms with Crippen molar-refractivity contribution in [3.05, 3.63) is 30.6 Å². The van der Waals surface area contributed by atoms with E-state index in [1.54, 1.807) is 0 Å². The van der Waals surface area contributed by atoms with Crippen molar-refractivity contribution < 1.29 is 0 Å². The fourth-order valence-electron chi connectivity index (χ4n) is 2.24. The number of unbranched alkanes of at least 4 members (excludes halogenated alkanes) is 2. The average Bonchev–Trinajstić information content (AvgIpc) is 2.82. The molecule has 0 aliphatic heterocycles. The number of fused-ring (bicyclic) bond motifs is 1. The third-order valence-electron chi connectivity index (χ3n) is 3.35. The summed E-state index contributed by atoms with van der Waals surface area (Å²) in [5, 5.41) is 3.52. The molecule has 1 aromatic carbocycles. The molecule has 0 aliphatic rings.